The van der Waals surface area contributed by atoms with Crippen LogP contribution in [-0.2, 0) is 11.3 Å². The number of aromatic nitrogens is 5. The number of hydrogen-bond donors (Lipinski definition) is 2. The molecule has 11 nitrogen and oxygen atoms in total. The molecule has 3 aromatic carbocycles. The number of fused-ring (bicyclic) bond motifs is 2. The smallest absolute Gasteiger partial charge is 0.346 e. The van der Waals surface area contributed by atoms with Crippen LogP contribution < -0.4 is 10.2 Å². The number of aryl methyl sites for hydroxylation is 1. The van der Waals surface area contributed by atoms with E-state index in [4.69, 9.17) is 16.4 Å². The minimum absolute atomic E-state index is 0.00385. The number of rotatable bonds is 8. The van der Waals surface area contributed by atoms with Crippen LogP contribution in [0.2, 0.25) is 5.02 Å². The second-order valence-corrected chi connectivity index (χ2v) is 10.4. The van der Waals surface area contributed by atoms with E-state index in [0.717, 1.165) is 16.7 Å². The third-order valence-electron chi connectivity index (χ3n) is 7.22. The summed E-state index contributed by atoms with van der Waals surface area (Å²) < 4.78 is 0. The lowest BCUT2D eigenvalue weighted by atomic mass is 10.0. The fourth-order valence-electron chi connectivity index (χ4n) is 4.93. The Balaban J connectivity index is 1.20. The van der Waals surface area contributed by atoms with Gasteiger partial charge in [-0.1, -0.05) is 70.5 Å². The molecule has 12 heteroatoms. The molecule has 1 aliphatic heterocycles. The van der Waals surface area contributed by atoms with Gasteiger partial charge in [0.1, 0.15) is 17.1 Å². The van der Waals surface area contributed by atoms with Crippen molar-refractivity contribution in [2.75, 3.05) is 6.61 Å². The zero-order valence-electron chi connectivity index (χ0n) is 22.7. The Morgan fingerprint density at radius 2 is 1.98 bits per heavy atom. The van der Waals surface area contributed by atoms with Crippen molar-refractivity contribution in [1.29, 1.82) is 0 Å². The first-order valence-electron chi connectivity index (χ1n) is 13.3. The molecule has 6 rings (SSSR count). The lowest BCUT2D eigenvalue weighted by molar-refractivity contribution is -0.126. The predicted octanol–water partition coefficient (Wildman–Crippen LogP) is 3.89. The van der Waals surface area contributed by atoms with Gasteiger partial charge in [0.25, 0.3) is 5.91 Å². The van der Waals surface area contributed by atoms with Gasteiger partial charge < -0.3 is 20.2 Å². The highest BCUT2D eigenvalue weighted by atomic mass is 35.5. The van der Waals surface area contributed by atoms with Crippen molar-refractivity contribution in [3.63, 3.8) is 0 Å². The monoisotopic (exact) mass is 583 g/mol. The highest BCUT2D eigenvalue weighted by Crippen LogP contribution is 2.32. The lowest BCUT2D eigenvalue weighted by Crippen LogP contribution is -2.46. The summed E-state index contributed by atoms with van der Waals surface area (Å²) >= 11 is 6.45. The zero-order chi connectivity index (χ0) is 29.4. The molecule has 2 atom stereocenters. The van der Waals surface area contributed by atoms with Gasteiger partial charge >= 0.3 is 6.01 Å². The summed E-state index contributed by atoms with van der Waals surface area (Å²) in [6.45, 7) is 3.61. The summed E-state index contributed by atoms with van der Waals surface area (Å²) in [7, 11) is 0. The molecule has 0 saturated heterocycles. The summed E-state index contributed by atoms with van der Waals surface area (Å²) in [6.07, 6.45) is 1.41. The first kappa shape index (κ1) is 27.3. The van der Waals surface area contributed by atoms with Crippen LogP contribution in [0.15, 0.2) is 72.9 Å². The molecular formula is C30H26ClN7O4. The minimum Gasteiger partial charge on any atom is -0.394 e. The van der Waals surface area contributed by atoms with Gasteiger partial charge in [0, 0.05) is 17.7 Å². The predicted molar refractivity (Wildman–Crippen MR) is 155 cm³/mol. The summed E-state index contributed by atoms with van der Waals surface area (Å²) in [5.74, 6) is -0.653. The van der Waals surface area contributed by atoms with Crippen LogP contribution in [0.25, 0.3) is 22.3 Å². The van der Waals surface area contributed by atoms with Gasteiger partial charge in [0.2, 0.25) is 5.91 Å². The number of carbonyl (C=O) groups excluding carboxylic acids is 2. The average molecular weight is 584 g/mol. The second kappa shape index (κ2) is 11.2. The Morgan fingerprint density at radius 3 is 2.79 bits per heavy atom. The molecule has 2 N–H and O–H groups in total. The Labute approximate surface area is 245 Å². The molecule has 3 heterocycles. The first-order valence-corrected chi connectivity index (χ1v) is 13.6. The number of amides is 2. The number of carbonyl (C=O) groups is 2. The number of aliphatic hydroxyl groups excluding tert-OH is 1. The molecule has 0 fully saturated rings. The van der Waals surface area contributed by atoms with E-state index < -0.39 is 12.1 Å². The van der Waals surface area contributed by atoms with Crippen molar-refractivity contribution in [3.8, 4) is 17.3 Å². The van der Waals surface area contributed by atoms with Crippen LogP contribution in [0.5, 0.6) is 6.01 Å². The van der Waals surface area contributed by atoms with E-state index in [1.165, 1.54) is 15.9 Å². The molecule has 5 aromatic rings. The minimum atomic E-state index is -0.771. The first-order chi connectivity index (χ1) is 20.3. The third kappa shape index (κ3) is 5.15. The third-order valence-corrected chi connectivity index (χ3v) is 7.49. The quantitative estimate of drug-likeness (QED) is 0.281. The van der Waals surface area contributed by atoms with Crippen molar-refractivity contribution in [1.82, 2.24) is 35.3 Å². The van der Waals surface area contributed by atoms with Gasteiger partial charge in [0.05, 0.1) is 29.6 Å². The molecule has 0 aliphatic carbocycles. The van der Waals surface area contributed by atoms with E-state index in [-0.39, 0.29) is 36.0 Å². The number of benzene rings is 3. The Morgan fingerprint density at radius 1 is 1.14 bits per heavy atom. The molecule has 42 heavy (non-hydrogen) atoms. The highest BCUT2D eigenvalue weighted by Gasteiger charge is 2.35. The van der Waals surface area contributed by atoms with Crippen molar-refractivity contribution in [2.45, 2.75) is 32.5 Å². The normalized spacial score (nSPS) is 14.1. The average Bonchev–Trinajstić information content (AvgIpc) is 3.56. The van der Waals surface area contributed by atoms with Crippen molar-refractivity contribution >= 4 is 34.4 Å². The number of para-hydroxylation sites is 1. The van der Waals surface area contributed by atoms with Gasteiger partial charge in [-0.3, -0.25) is 9.59 Å². The largest absolute Gasteiger partial charge is 0.394 e. The van der Waals surface area contributed by atoms with Crippen molar-refractivity contribution in [2.24, 2.45) is 0 Å². The number of nitrogens with one attached hydrogen (secondary N) is 1. The fraction of sp³-hybridized carbons (Fsp3) is 0.200. The maximum atomic E-state index is 13.5. The van der Waals surface area contributed by atoms with Gasteiger partial charge in [-0.05, 0) is 48.4 Å². The molecule has 0 radical (unpaired) electrons. The number of aliphatic hydroxyl groups is 1. The summed E-state index contributed by atoms with van der Waals surface area (Å²) in [6, 6.07) is 18.8. The van der Waals surface area contributed by atoms with E-state index in [2.05, 4.69) is 25.6 Å². The molecule has 2 aromatic heterocycles. The van der Waals surface area contributed by atoms with Crippen LogP contribution in [-0.4, -0.2) is 59.6 Å². The van der Waals surface area contributed by atoms with Crippen LogP contribution in [0.3, 0.4) is 0 Å². The Bertz CT molecular complexity index is 1830. The molecule has 2 unspecified atom stereocenters. The maximum Gasteiger partial charge on any atom is 0.346 e. The van der Waals surface area contributed by atoms with Crippen LogP contribution in [0.1, 0.15) is 40.0 Å². The lowest BCUT2D eigenvalue weighted by Gasteiger charge is -2.26. The Kier molecular flexibility index (Phi) is 7.27. The fourth-order valence-corrected chi connectivity index (χ4v) is 5.13. The molecule has 0 bridgehead atoms. The Hall–Kier alpha value is -4.87. The number of nitrogens with zero attached hydrogens (tertiary/aromatic N) is 6. The summed E-state index contributed by atoms with van der Waals surface area (Å²) in [5, 5.41) is 21.1. The molecule has 212 valence electrons. The van der Waals surface area contributed by atoms with Crippen LogP contribution in [0, 0.1) is 6.92 Å². The molecular weight excluding hydrogens is 558 g/mol. The van der Waals surface area contributed by atoms with Crippen molar-refractivity contribution in [3.05, 3.63) is 100 Å². The van der Waals surface area contributed by atoms with E-state index in [0.29, 0.717) is 27.9 Å². The van der Waals surface area contributed by atoms with Gasteiger partial charge in [-0.15, -0.1) is 5.10 Å². The second-order valence-electron chi connectivity index (χ2n) is 10.0. The number of halogens is 1. The molecule has 1 aliphatic rings. The zero-order valence-corrected chi connectivity index (χ0v) is 23.5. The molecule has 0 spiro atoms. The van der Waals surface area contributed by atoms with E-state index in [1.54, 1.807) is 25.1 Å². The van der Waals surface area contributed by atoms with Gasteiger partial charge in [0.15, 0.2) is 0 Å². The number of hydrogen-bond acceptors (Lipinski definition) is 8. The van der Waals surface area contributed by atoms with Crippen molar-refractivity contribution < 1.29 is 19.5 Å². The maximum absolute atomic E-state index is 13.5. The topological polar surface area (TPSA) is 135 Å². The summed E-state index contributed by atoms with van der Waals surface area (Å²) in [5.41, 5.74) is 5.28. The van der Waals surface area contributed by atoms with Crippen LogP contribution >= 0.6 is 11.6 Å². The van der Waals surface area contributed by atoms with Gasteiger partial charge in [-0.25, -0.2) is 4.98 Å². The standard InChI is InChI=1S/C30H26ClN7O4/c1-17-6-5-7-19(12-17)25(16-39)33-28(40)18(2)37-15-21-11-10-20(13-22(21)29(37)41)27-23(31)14-32-30(34-27)42-38-26-9-4-3-8-24(26)35-36-38/h3-14,18,25,39H,15-16H2,1-2H3,(H,33,40). The van der Waals surface area contributed by atoms with Crippen LogP contribution in [0.4, 0.5) is 0 Å². The van der Waals surface area contributed by atoms with E-state index in [9.17, 15) is 14.7 Å². The van der Waals surface area contributed by atoms with E-state index >= 15 is 0 Å². The highest BCUT2D eigenvalue weighted by molar-refractivity contribution is 6.32. The van der Waals surface area contributed by atoms with E-state index in [1.807, 2.05) is 55.5 Å². The van der Waals surface area contributed by atoms with Gasteiger partial charge in [-0.2, -0.15) is 4.98 Å². The summed E-state index contributed by atoms with van der Waals surface area (Å²) in [4.78, 5) is 43.7. The molecule has 2 amide bonds. The molecule has 0 saturated carbocycles. The SMILES string of the molecule is Cc1cccc(C(CO)NC(=O)C(C)N2Cc3ccc(-c4nc(On5nnc6ccccc65)ncc4Cl)cc3C2=O)c1.